The minimum atomic E-state index is -0.418. The molecule has 94 valence electrons. The first kappa shape index (κ1) is 13.6. The van der Waals surface area contributed by atoms with E-state index in [0.29, 0.717) is 21.2 Å². The summed E-state index contributed by atoms with van der Waals surface area (Å²) < 4.78 is 13.9. The van der Waals surface area contributed by atoms with E-state index in [2.05, 4.69) is 6.07 Å². The van der Waals surface area contributed by atoms with Crippen molar-refractivity contribution in [2.45, 2.75) is 5.25 Å². The minimum Gasteiger partial charge on any atom is -0.393 e. The van der Waals surface area contributed by atoms with Gasteiger partial charge in [0.1, 0.15) is 5.82 Å². The predicted octanol–water partition coefficient (Wildman–Crippen LogP) is 3.69. The monoisotopic (exact) mass is 300 g/mol. The van der Waals surface area contributed by atoms with Crippen LogP contribution in [0.1, 0.15) is 10.8 Å². The van der Waals surface area contributed by atoms with Crippen molar-refractivity contribution in [3.05, 3.63) is 45.2 Å². The zero-order chi connectivity index (χ0) is 13.1. The van der Waals surface area contributed by atoms with Gasteiger partial charge in [-0.1, -0.05) is 17.7 Å². The first-order chi connectivity index (χ1) is 8.65. The molecule has 0 bridgehead atoms. The third kappa shape index (κ3) is 2.61. The van der Waals surface area contributed by atoms with Crippen LogP contribution in [0.5, 0.6) is 0 Å². The topological polar surface area (TPSA) is 49.8 Å². The van der Waals surface area contributed by atoms with Crippen LogP contribution in [0.4, 0.5) is 4.39 Å². The molecule has 0 aromatic heterocycles. The van der Waals surface area contributed by atoms with Gasteiger partial charge >= 0.3 is 0 Å². The van der Waals surface area contributed by atoms with Crippen LogP contribution in [0.25, 0.3) is 0 Å². The van der Waals surface area contributed by atoms with Crippen LogP contribution in [0.15, 0.2) is 28.8 Å². The van der Waals surface area contributed by atoms with Gasteiger partial charge in [0.2, 0.25) is 0 Å². The van der Waals surface area contributed by atoms with E-state index in [1.165, 1.54) is 29.6 Å². The number of hydrogen-bond acceptors (Lipinski definition) is 4. The quantitative estimate of drug-likeness (QED) is 0.859. The van der Waals surface area contributed by atoms with Gasteiger partial charge in [0.05, 0.1) is 21.9 Å². The highest BCUT2D eigenvalue weighted by atomic mass is 35.5. The zero-order valence-electron chi connectivity index (χ0n) is 9.32. The molecule has 1 aliphatic heterocycles. The summed E-state index contributed by atoms with van der Waals surface area (Å²) in [4.78, 5) is 0. The maximum absolute atomic E-state index is 13.9. The molecule has 1 heterocycles. The number of hydrogen-bond donors (Lipinski definition) is 1. The Morgan fingerprint density at radius 2 is 2.22 bits per heavy atom. The Morgan fingerprint density at radius 3 is 2.89 bits per heavy atom. The summed E-state index contributed by atoms with van der Waals surface area (Å²) in [6.07, 6.45) is 0. The van der Waals surface area contributed by atoms with Crippen LogP contribution in [-0.2, 0) is 0 Å². The minimum absolute atomic E-state index is 0.333. The zero-order valence-corrected chi connectivity index (χ0v) is 11.7. The van der Waals surface area contributed by atoms with Crippen molar-refractivity contribution in [3.63, 3.8) is 0 Å². The molecule has 1 aliphatic rings. The van der Waals surface area contributed by atoms with Gasteiger partial charge < -0.3 is 5.73 Å². The number of nitrogens with two attached hydrogens (primary N) is 1. The van der Waals surface area contributed by atoms with Crippen LogP contribution < -0.4 is 5.73 Å². The average Bonchev–Trinajstić information content (AvgIpc) is 2.51. The Hall–Kier alpha value is -0.830. The fourth-order valence-corrected chi connectivity index (χ4v) is 4.37. The largest absolute Gasteiger partial charge is 0.393 e. The van der Waals surface area contributed by atoms with E-state index in [1.54, 1.807) is 12.1 Å². The van der Waals surface area contributed by atoms with E-state index >= 15 is 0 Å². The number of nitriles is 1. The highest BCUT2D eigenvalue weighted by Crippen LogP contribution is 2.44. The molecule has 1 atom stereocenters. The van der Waals surface area contributed by atoms with Gasteiger partial charge in [-0.3, -0.25) is 0 Å². The van der Waals surface area contributed by atoms with Gasteiger partial charge in [-0.05, 0) is 12.1 Å². The van der Waals surface area contributed by atoms with Crippen LogP contribution in [0, 0.1) is 17.1 Å². The van der Waals surface area contributed by atoms with Crippen molar-refractivity contribution >= 4 is 35.1 Å². The molecule has 6 heteroatoms. The summed E-state index contributed by atoms with van der Waals surface area (Å²) in [5.74, 6) is 1.21. The van der Waals surface area contributed by atoms with Gasteiger partial charge in [-0.15, -0.1) is 23.5 Å². The number of thioether (sulfide) groups is 2. The standard InChI is InChI=1S/C12H10ClFN2S2/c13-8-2-1-3-9(14)10(8)11-7(6-15)12(16)18-5-4-17-11/h1-3,11H,4-5,16H2. The Morgan fingerprint density at radius 1 is 1.44 bits per heavy atom. The number of halogens is 2. The van der Waals surface area contributed by atoms with Crippen LogP contribution in [0.2, 0.25) is 5.02 Å². The number of nitrogens with zero attached hydrogens (tertiary/aromatic N) is 1. The molecule has 0 saturated heterocycles. The van der Waals surface area contributed by atoms with E-state index in [9.17, 15) is 9.65 Å². The van der Waals surface area contributed by atoms with Crippen LogP contribution >= 0.6 is 35.1 Å². The van der Waals surface area contributed by atoms with E-state index in [1.807, 2.05) is 0 Å². The lowest BCUT2D eigenvalue weighted by molar-refractivity contribution is 0.613. The maximum Gasteiger partial charge on any atom is 0.129 e. The van der Waals surface area contributed by atoms with Gasteiger partial charge in [0.25, 0.3) is 0 Å². The summed E-state index contributed by atoms with van der Waals surface area (Å²) in [6, 6.07) is 6.62. The molecule has 2 rings (SSSR count). The lowest BCUT2D eigenvalue weighted by Crippen LogP contribution is -2.06. The Balaban J connectivity index is 2.54. The molecule has 1 aromatic rings. The first-order valence-corrected chi connectivity index (χ1v) is 7.64. The Bertz CT molecular complexity index is 519. The van der Waals surface area contributed by atoms with Gasteiger partial charge in [0.15, 0.2) is 0 Å². The van der Waals surface area contributed by atoms with E-state index in [4.69, 9.17) is 17.3 Å². The summed E-state index contributed by atoms with van der Waals surface area (Å²) >= 11 is 8.98. The van der Waals surface area contributed by atoms with Crippen molar-refractivity contribution in [1.82, 2.24) is 0 Å². The third-order valence-corrected chi connectivity index (χ3v) is 5.31. The second-order valence-electron chi connectivity index (χ2n) is 3.62. The number of benzene rings is 1. The first-order valence-electron chi connectivity index (χ1n) is 5.23. The normalized spacial score (nSPS) is 20.4. The lowest BCUT2D eigenvalue weighted by Gasteiger charge is -2.17. The molecule has 18 heavy (non-hydrogen) atoms. The van der Waals surface area contributed by atoms with Crippen LogP contribution in [-0.4, -0.2) is 11.5 Å². The summed E-state index contributed by atoms with van der Waals surface area (Å²) in [7, 11) is 0. The van der Waals surface area contributed by atoms with Gasteiger partial charge in [-0.2, -0.15) is 5.26 Å². The van der Waals surface area contributed by atoms with Crippen molar-refractivity contribution in [1.29, 1.82) is 5.26 Å². The molecule has 2 N–H and O–H groups in total. The fourth-order valence-electron chi connectivity index (χ4n) is 1.71. The average molecular weight is 301 g/mol. The van der Waals surface area contributed by atoms with Crippen LogP contribution in [0.3, 0.4) is 0 Å². The van der Waals surface area contributed by atoms with Gasteiger partial charge in [-0.25, -0.2) is 4.39 Å². The molecule has 2 nitrogen and oxygen atoms in total. The predicted molar refractivity (Wildman–Crippen MR) is 75.9 cm³/mol. The van der Waals surface area contributed by atoms with Gasteiger partial charge in [0, 0.05) is 22.1 Å². The smallest absolute Gasteiger partial charge is 0.129 e. The Labute approximate surface area is 118 Å². The maximum atomic E-state index is 13.9. The molecule has 1 unspecified atom stereocenters. The number of rotatable bonds is 1. The van der Waals surface area contributed by atoms with Crippen molar-refractivity contribution in [3.8, 4) is 6.07 Å². The second kappa shape index (κ2) is 5.87. The molecule has 1 aromatic carbocycles. The van der Waals surface area contributed by atoms with E-state index in [-0.39, 0.29) is 0 Å². The molecule has 0 radical (unpaired) electrons. The fraction of sp³-hybridized carbons (Fsp3) is 0.250. The molecular weight excluding hydrogens is 291 g/mol. The highest BCUT2D eigenvalue weighted by molar-refractivity contribution is 8.05. The third-order valence-electron chi connectivity index (χ3n) is 2.54. The summed E-state index contributed by atoms with van der Waals surface area (Å²) in [5.41, 5.74) is 6.61. The highest BCUT2D eigenvalue weighted by Gasteiger charge is 2.27. The molecule has 0 fully saturated rings. The lowest BCUT2D eigenvalue weighted by atomic mass is 10.1. The van der Waals surface area contributed by atoms with E-state index in [0.717, 1.165) is 11.5 Å². The summed E-state index contributed by atoms with van der Waals surface area (Å²) in [5, 5.41) is 9.60. The van der Waals surface area contributed by atoms with E-state index < -0.39 is 11.1 Å². The summed E-state index contributed by atoms with van der Waals surface area (Å²) in [6.45, 7) is 0. The Kier molecular flexibility index (Phi) is 4.44. The second-order valence-corrected chi connectivity index (χ2v) is 6.38. The van der Waals surface area contributed by atoms with Crippen molar-refractivity contribution in [2.75, 3.05) is 11.5 Å². The molecule has 0 saturated carbocycles. The molecule has 0 spiro atoms. The van der Waals surface area contributed by atoms with Crippen molar-refractivity contribution < 1.29 is 4.39 Å². The SMILES string of the molecule is N#CC1=C(N)SCCSC1c1c(F)cccc1Cl. The molecular formula is C12H10ClFN2S2. The molecule has 0 amide bonds. The molecule has 0 aliphatic carbocycles. The van der Waals surface area contributed by atoms with Crippen molar-refractivity contribution in [2.24, 2.45) is 5.73 Å².